The van der Waals surface area contributed by atoms with E-state index >= 15 is 0 Å². The highest BCUT2D eigenvalue weighted by atomic mass is 16.5. The number of quaternary nitrogens is 1. The summed E-state index contributed by atoms with van der Waals surface area (Å²) in [6.45, 7) is 6.77. The third kappa shape index (κ3) is 4.66. The lowest BCUT2D eigenvalue weighted by Crippen LogP contribution is -3.16. The lowest BCUT2D eigenvalue weighted by Gasteiger charge is -2.34. The molecule has 2 N–H and O–H groups in total. The van der Waals surface area contributed by atoms with Crippen LogP contribution in [0, 0.1) is 5.92 Å². The van der Waals surface area contributed by atoms with Crippen LogP contribution in [0.3, 0.4) is 0 Å². The van der Waals surface area contributed by atoms with Gasteiger partial charge < -0.3 is 19.9 Å². The SMILES string of the molecule is COc1ccccc1N1CC[NH+](CC(=O)N[C@H]2CCCC[C@H]2C)CC1. The number of hydrogen-bond donors (Lipinski definition) is 2. The number of amides is 1. The predicted molar refractivity (Wildman–Crippen MR) is 100 cm³/mol. The second-order valence-corrected chi connectivity index (χ2v) is 7.52. The van der Waals surface area contributed by atoms with Crippen LogP contribution in [0.5, 0.6) is 5.75 Å². The summed E-state index contributed by atoms with van der Waals surface area (Å²) in [6, 6.07) is 8.56. The molecule has 0 unspecified atom stereocenters. The number of para-hydroxylation sites is 2. The van der Waals surface area contributed by atoms with Crippen LogP contribution in [0.25, 0.3) is 0 Å². The van der Waals surface area contributed by atoms with Gasteiger partial charge in [0.05, 0.1) is 39.0 Å². The Bertz CT molecular complexity index is 570. The minimum atomic E-state index is 0.222. The van der Waals surface area contributed by atoms with Crippen molar-refractivity contribution in [3.8, 4) is 5.75 Å². The first kappa shape index (κ1) is 18.1. The summed E-state index contributed by atoms with van der Waals surface area (Å²) in [4.78, 5) is 16.2. The van der Waals surface area contributed by atoms with Gasteiger partial charge >= 0.3 is 0 Å². The van der Waals surface area contributed by atoms with E-state index in [1.54, 1.807) is 7.11 Å². The third-order valence-electron chi connectivity index (χ3n) is 5.76. The maximum Gasteiger partial charge on any atom is 0.275 e. The van der Waals surface area contributed by atoms with Gasteiger partial charge in [0.25, 0.3) is 5.91 Å². The molecule has 5 heteroatoms. The van der Waals surface area contributed by atoms with Crippen LogP contribution in [-0.2, 0) is 4.79 Å². The average Bonchev–Trinajstić information content (AvgIpc) is 2.64. The number of methoxy groups -OCH3 is 1. The second kappa shape index (κ2) is 8.56. The quantitative estimate of drug-likeness (QED) is 0.839. The number of ether oxygens (including phenoxy) is 1. The first-order valence-electron chi connectivity index (χ1n) is 9.68. The Balaban J connectivity index is 1.46. The Hall–Kier alpha value is -1.75. The number of benzene rings is 1. The number of nitrogens with zero attached hydrogens (tertiary/aromatic N) is 1. The Kier molecular flexibility index (Phi) is 6.19. The van der Waals surface area contributed by atoms with Gasteiger partial charge in [-0.15, -0.1) is 0 Å². The van der Waals surface area contributed by atoms with Gasteiger partial charge in [-0.3, -0.25) is 4.79 Å². The molecule has 2 atom stereocenters. The van der Waals surface area contributed by atoms with E-state index in [4.69, 9.17) is 4.74 Å². The molecule has 138 valence electrons. The molecule has 1 saturated heterocycles. The number of anilines is 1. The molecule has 2 aliphatic rings. The van der Waals surface area contributed by atoms with E-state index in [-0.39, 0.29) is 5.91 Å². The van der Waals surface area contributed by atoms with Crippen molar-refractivity contribution in [1.29, 1.82) is 0 Å². The molecule has 3 rings (SSSR count). The number of rotatable bonds is 5. The maximum atomic E-state index is 12.4. The molecule has 25 heavy (non-hydrogen) atoms. The third-order valence-corrected chi connectivity index (χ3v) is 5.76. The number of carbonyl (C=O) groups is 1. The maximum absolute atomic E-state index is 12.4. The molecule has 5 nitrogen and oxygen atoms in total. The van der Waals surface area contributed by atoms with Gasteiger partial charge in [0.1, 0.15) is 5.75 Å². The number of carbonyl (C=O) groups excluding carboxylic acids is 1. The molecule has 0 radical (unpaired) electrons. The van der Waals surface area contributed by atoms with Crippen LogP contribution in [-0.4, -0.2) is 51.8 Å². The van der Waals surface area contributed by atoms with Crippen molar-refractivity contribution in [3.63, 3.8) is 0 Å². The molecule has 1 heterocycles. The number of nitrogens with one attached hydrogen (secondary N) is 2. The normalized spacial score (nSPS) is 24.8. The smallest absolute Gasteiger partial charge is 0.275 e. The summed E-state index contributed by atoms with van der Waals surface area (Å²) in [7, 11) is 1.72. The molecular formula is C20H32N3O2+. The van der Waals surface area contributed by atoms with Crippen molar-refractivity contribution in [2.75, 3.05) is 44.7 Å². The van der Waals surface area contributed by atoms with Crippen molar-refractivity contribution in [2.45, 2.75) is 38.6 Å². The van der Waals surface area contributed by atoms with Crippen LogP contribution in [0.1, 0.15) is 32.6 Å². The summed E-state index contributed by atoms with van der Waals surface area (Å²) < 4.78 is 5.47. The first-order valence-corrected chi connectivity index (χ1v) is 9.68. The van der Waals surface area contributed by atoms with E-state index in [2.05, 4.69) is 29.3 Å². The van der Waals surface area contributed by atoms with Crippen molar-refractivity contribution < 1.29 is 14.4 Å². The largest absolute Gasteiger partial charge is 0.495 e. The minimum absolute atomic E-state index is 0.222. The molecule has 0 aromatic heterocycles. The Labute approximate surface area is 151 Å². The summed E-state index contributed by atoms with van der Waals surface area (Å²) in [5.41, 5.74) is 1.16. The van der Waals surface area contributed by atoms with E-state index < -0.39 is 0 Å². The lowest BCUT2D eigenvalue weighted by atomic mass is 9.86. The Morgan fingerprint density at radius 1 is 1.24 bits per heavy atom. The molecule has 0 spiro atoms. The van der Waals surface area contributed by atoms with Gasteiger partial charge in [-0.1, -0.05) is 31.9 Å². The topological polar surface area (TPSA) is 46.0 Å². The molecule has 0 bridgehead atoms. The fourth-order valence-electron chi connectivity index (χ4n) is 4.15. The average molecular weight is 346 g/mol. The number of hydrogen-bond acceptors (Lipinski definition) is 3. The summed E-state index contributed by atoms with van der Waals surface area (Å²) in [5, 5.41) is 3.28. The van der Waals surface area contributed by atoms with Gasteiger partial charge in [0, 0.05) is 6.04 Å². The molecule has 1 aliphatic heterocycles. The zero-order valence-corrected chi connectivity index (χ0v) is 15.6. The van der Waals surface area contributed by atoms with Crippen LogP contribution in [0.2, 0.25) is 0 Å². The molecular weight excluding hydrogens is 314 g/mol. The molecule has 2 fully saturated rings. The zero-order chi connectivity index (χ0) is 17.6. The van der Waals surface area contributed by atoms with Gasteiger partial charge in [-0.2, -0.15) is 0 Å². The van der Waals surface area contributed by atoms with E-state index in [1.807, 2.05) is 12.1 Å². The second-order valence-electron chi connectivity index (χ2n) is 7.52. The lowest BCUT2D eigenvalue weighted by molar-refractivity contribution is -0.892. The van der Waals surface area contributed by atoms with Gasteiger partial charge in [0.15, 0.2) is 6.54 Å². The summed E-state index contributed by atoms with van der Waals surface area (Å²) in [6.07, 6.45) is 4.95. The Morgan fingerprint density at radius 2 is 1.96 bits per heavy atom. The molecule has 1 amide bonds. The first-order chi connectivity index (χ1) is 12.2. The van der Waals surface area contributed by atoms with Gasteiger partial charge in [-0.25, -0.2) is 0 Å². The van der Waals surface area contributed by atoms with Crippen LogP contribution < -0.4 is 19.9 Å². The van der Waals surface area contributed by atoms with E-state index in [9.17, 15) is 4.79 Å². The number of piperazine rings is 1. The van der Waals surface area contributed by atoms with Crippen LogP contribution >= 0.6 is 0 Å². The zero-order valence-electron chi connectivity index (χ0n) is 15.6. The van der Waals surface area contributed by atoms with Crippen molar-refractivity contribution >= 4 is 11.6 Å². The Morgan fingerprint density at radius 3 is 2.68 bits per heavy atom. The van der Waals surface area contributed by atoms with Crippen molar-refractivity contribution in [2.24, 2.45) is 5.92 Å². The fraction of sp³-hybridized carbons (Fsp3) is 0.650. The van der Waals surface area contributed by atoms with Gasteiger partial charge in [-0.05, 0) is 30.9 Å². The molecule has 1 aliphatic carbocycles. The highest BCUT2D eigenvalue weighted by Crippen LogP contribution is 2.27. The molecule has 1 aromatic rings. The highest BCUT2D eigenvalue weighted by Gasteiger charge is 2.27. The minimum Gasteiger partial charge on any atom is -0.495 e. The standard InChI is InChI=1S/C20H31N3O2/c1-16-7-3-4-8-17(16)21-20(24)15-22-11-13-23(14-12-22)18-9-5-6-10-19(18)25-2/h5-6,9-10,16-17H,3-4,7-8,11-15H2,1-2H3,(H,21,24)/p+1/t16-,17+/m1/s1. The van der Waals surface area contributed by atoms with Crippen molar-refractivity contribution in [1.82, 2.24) is 5.32 Å². The summed E-state index contributed by atoms with van der Waals surface area (Å²) in [5.74, 6) is 1.77. The highest BCUT2D eigenvalue weighted by molar-refractivity contribution is 5.77. The predicted octanol–water partition coefficient (Wildman–Crippen LogP) is 1.10. The van der Waals surface area contributed by atoms with E-state index in [0.29, 0.717) is 18.5 Å². The van der Waals surface area contributed by atoms with E-state index in [1.165, 1.54) is 24.2 Å². The van der Waals surface area contributed by atoms with E-state index in [0.717, 1.165) is 44.0 Å². The molecule has 1 aromatic carbocycles. The van der Waals surface area contributed by atoms with Crippen LogP contribution in [0.15, 0.2) is 24.3 Å². The summed E-state index contributed by atoms with van der Waals surface area (Å²) >= 11 is 0. The monoisotopic (exact) mass is 346 g/mol. The van der Waals surface area contributed by atoms with Gasteiger partial charge in [0.2, 0.25) is 0 Å². The molecule has 1 saturated carbocycles. The fourth-order valence-corrected chi connectivity index (χ4v) is 4.15. The van der Waals surface area contributed by atoms with Crippen LogP contribution in [0.4, 0.5) is 5.69 Å². The van der Waals surface area contributed by atoms with Crippen molar-refractivity contribution in [3.05, 3.63) is 24.3 Å².